The van der Waals surface area contributed by atoms with Gasteiger partial charge in [0.15, 0.2) is 11.5 Å². The molecule has 0 saturated heterocycles. The van der Waals surface area contributed by atoms with Crippen LogP contribution in [-0.2, 0) is 0 Å². The molecule has 0 amide bonds. The molecule has 1 heterocycles. The van der Waals surface area contributed by atoms with E-state index in [9.17, 15) is 0 Å². The summed E-state index contributed by atoms with van der Waals surface area (Å²) in [5.41, 5.74) is 8.56. The predicted molar refractivity (Wildman–Crippen MR) is 62.6 cm³/mol. The van der Waals surface area contributed by atoms with E-state index in [1.807, 2.05) is 6.92 Å². The molecular formula is C12H12N3O2. The molecule has 0 aliphatic carbocycles. The first-order chi connectivity index (χ1) is 8.20. The molecule has 1 radical (unpaired) electrons. The van der Waals surface area contributed by atoms with Crippen molar-refractivity contribution in [3.63, 3.8) is 0 Å². The second-order valence-electron chi connectivity index (χ2n) is 3.41. The summed E-state index contributed by atoms with van der Waals surface area (Å²) in [5.74, 6) is 1.46. The zero-order chi connectivity index (χ0) is 12.3. The molecule has 2 aromatic rings. The van der Waals surface area contributed by atoms with E-state index in [1.54, 1.807) is 30.6 Å². The van der Waals surface area contributed by atoms with Crippen molar-refractivity contribution >= 4 is 5.69 Å². The first-order valence-electron chi connectivity index (χ1n) is 5.06. The highest BCUT2D eigenvalue weighted by molar-refractivity contribution is 5.51. The highest BCUT2D eigenvalue weighted by atomic mass is 16.5. The van der Waals surface area contributed by atoms with Gasteiger partial charge in [-0.2, -0.15) is 0 Å². The van der Waals surface area contributed by atoms with Gasteiger partial charge < -0.3 is 15.2 Å². The van der Waals surface area contributed by atoms with Crippen molar-refractivity contribution in [1.29, 1.82) is 0 Å². The van der Waals surface area contributed by atoms with Gasteiger partial charge in [-0.3, -0.25) is 4.98 Å². The Morgan fingerprint density at radius 1 is 1.12 bits per heavy atom. The molecule has 87 valence electrons. The minimum atomic E-state index is 0.366. The van der Waals surface area contributed by atoms with Crippen LogP contribution in [0.4, 0.5) is 5.69 Å². The molecule has 17 heavy (non-hydrogen) atoms. The van der Waals surface area contributed by atoms with Gasteiger partial charge in [0.2, 0.25) is 5.88 Å². The van der Waals surface area contributed by atoms with Gasteiger partial charge in [0.1, 0.15) is 0 Å². The largest absolute Gasteiger partial charge is 0.493 e. The molecule has 1 aromatic heterocycles. The number of nitrogens with one attached hydrogen (secondary N) is 1. The van der Waals surface area contributed by atoms with Crippen LogP contribution in [0.5, 0.6) is 17.4 Å². The molecule has 0 fully saturated rings. The molecule has 0 aliphatic rings. The minimum absolute atomic E-state index is 0.366. The van der Waals surface area contributed by atoms with Crippen LogP contribution < -0.4 is 15.2 Å². The van der Waals surface area contributed by atoms with Crippen LogP contribution >= 0.6 is 0 Å². The zero-order valence-electron chi connectivity index (χ0n) is 9.60. The Morgan fingerprint density at radius 3 is 2.59 bits per heavy atom. The summed E-state index contributed by atoms with van der Waals surface area (Å²) in [5, 5.41) is 0. The Kier molecular flexibility index (Phi) is 3.09. The number of hydrogen-bond donors (Lipinski definition) is 0. The van der Waals surface area contributed by atoms with Gasteiger partial charge in [-0.1, -0.05) is 0 Å². The summed E-state index contributed by atoms with van der Waals surface area (Å²) in [7, 11) is 1.53. The summed E-state index contributed by atoms with van der Waals surface area (Å²) in [6.07, 6.45) is 3.17. The van der Waals surface area contributed by atoms with E-state index in [0.717, 1.165) is 0 Å². The van der Waals surface area contributed by atoms with Gasteiger partial charge in [0.05, 0.1) is 18.5 Å². The lowest BCUT2D eigenvalue weighted by atomic mass is 10.3. The molecule has 2 rings (SSSR count). The summed E-state index contributed by atoms with van der Waals surface area (Å²) >= 11 is 0. The first-order valence-corrected chi connectivity index (χ1v) is 5.06. The maximum atomic E-state index is 7.49. The fraction of sp³-hybridized carbons (Fsp3) is 0.167. The van der Waals surface area contributed by atoms with E-state index in [2.05, 4.69) is 9.97 Å². The normalized spacial score (nSPS) is 10.0. The van der Waals surface area contributed by atoms with Crippen LogP contribution in [0.3, 0.4) is 0 Å². The molecule has 0 bridgehead atoms. The third-order valence-corrected chi connectivity index (χ3v) is 2.21. The lowest BCUT2D eigenvalue weighted by molar-refractivity contribution is 0.372. The molecule has 5 nitrogen and oxygen atoms in total. The molecule has 0 saturated carbocycles. The lowest BCUT2D eigenvalue weighted by Gasteiger charge is -2.10. The van der Waals surface area contributed by atoms with Gasteiger partial charge in [-0.25, -0.2) is 4.98 Å². The molecule has 0 atom stereocenters. The monoisotopic (exact) mass is 230 g/mol. The molecule has 1 N–H and O–H groups in total. The number of methoxy groups -OCH3 is 1. The third kappa shape index (κ3) is 2.44. The smallest absolute Gasteiger partial charge is 0.241 e. The number of aromatic nitrogens is 2. The average Bonchev–Trinajstić information content (AvgIpc) is 2.34. The Morgan fingerprint density at radius 2 is 1.88 bits per heavy atom. The summed E-state index contributed by atoms with van der Waals surface area (Å²) < 4.78 is 10.7. The zero-order valence-corrected chi connectivity index (χ0v) is 9.60. The lowest BCUT2D eigenvalue weighted by Crippen LogP contribution is -1.95. The second kappa shape index (κ2) is 4.69. The highest BCUT2D eigenvalue weighted by Crippen LogP contribution is 2.33. The number of rotatable bonds is 3. The first kappa shape index (κ1) is 11.2. The minimum Gasteiger partial charge on any atom is -0.493 e. The molecule has 1 aromatic carbocycles. The molecular weight excluding hydrogens is 218 g/mol. The van der Waals surface area contributed by atoms with Crippen LogP contribution in [0, 0.1) is 6.92 Å². The van der Waals surface area contributed by atoms with Crippen molar-refractivity contribution < 1.29 is 9.47 Å². The second-order valence-corrected chi connectivity index (χ2v) is 3.41. The van der Waals surface area contributed by atoms with Crippen molar-refractivity contribution in [1.82, 2.24) is 15.7 Å². The maximum absolute atomic E-state index is 7.49. The Labute approximate surface area is 99.2 Å². The SMILES string of the molecule is COc1cc([NH])ccc1Oc1nccnc1C. The maximum Gasteiger partial charge on any atom is 0.241 e. The quantitative estimate of drug-likeness (QED) is 0.812. The molecule has 0 aliphatic heterocycles. The fourth-order valence-electron chi connectivity index (χ4n) is 1.35. The Bertz CT molecular complexity index is 529. The van der Waals surface area contributed by atoms with E-state index in [0.29, 0.717) is 28.8 Å². The Balaban J connectivity index is 2.33. The van der Waals surface area contributed by atoms with Crippen molar-refractivity contribution in [2.45, 2.75) is 6.92 Å². The van der Waals surface area contributed by atoms with Crippen molar-refractivity contribution in [2.24, 2.45) is 0 Å². The summed E-state index contributed by atoms with van der Waals surface area (Å²) in [4.78, 5) is 8.17. The molecule has 0 unspecified atom stereocenters. The van der Waals surface area contributed by atoms with Gasteiger partial charge in [-0.05, 0) is 19.1 Å². The van der Waals surface area contributed by atoms with Crippen LogP contribution in [0.2, 0.25) is 0 Å². The topological polar surface area (TPSA) is 68.0 Å². The van der Waals surface area contributed by atoms with Crippen LogP contribution in [0.1, 0.15) is 5.69 Å². The number of benzene rings is 1. The number of ether oxygens (including phenoxy) is 2. The van der Waals surface area contributed by atoms with E-state index in [-0.39, 0.29) is 0 Å². The summed E-state index contributed by atoms with van der Waals surface area (Å²) in [6, 6.07) is 4.89. The number of hydrogen-bond acceptors (Lipinski definition) is 4. The predicted octanol–water partition coefficient (Wildman–Crippen LogP) is 2.50. The van der Waals surface area contributed by atoms with E-state index < -0.39 is 0 Å². The fourth-order valence-corrected chi connectivity index (χ4v) is 1.35. The van der Waals surface area contributed by atoms with E-state index >= 15 is 0 Å². The van der Waals surface area contributed by atoms with Crippen LogP contribution in [-0.4, -0.2) is 17.1 Å². The van der Waals surface area contributed by atoms with E-state index in [4.69, 9.17) is 15.2 Å². The van der Waals surface area contributed by atoms with Crippen LogP contribution in [0.25, 0.3) is 0 Å². The van der Waals surface area contributed by atoms with Crippen LogP contribution in [0.15, 0.2) is 30.6 Å². The number of nitrogens with zero attached hydrogens (tertiary/aromatic N) is 2. The highest BCUT2D eigenvalue weighted by Gasteiger charge is 2.09. The molecule has 0 spiro atoms. The average molecular weight is 230 g/mol. The Hall–Kier alpha value is -2.30. The van der Waals surface area contributed by atoms with Gasteiger partial charge >= 0.3 is 0 Å². The van der Waals surface area contributed by atoms with Crippen molar-refractivity contribution in [3.8, 4) is 17.4 Å². The summed E-state index contributed by atoms with van der Waals surface area (Å²) in [6.45, 7) is 1.81. The van der Waals surface area contributed by atoms with Gasteiger partial charge in [0.25, 0.3) is 0 Å². The van der Waals surface area contributed by atoms with Crippen molar-refractivity contribution in [2.75, 3.05) is 7.11 Å². The van der Waals surface area contributed by atoms with Crippen molar-refractivity contribution in [3.05, 3.63) is 36.3 Å². The number of aryl methyl sites for hydroxylation is 1. The van der Waals surface area contributed by atoms with E-state index in [1.165, 1.54) is 7.11 Å². The van der Waals surface area contributed by atoms with Gasteiger partial charge in [-0.15, -0.1) is 0 Å². The van der Waals surface area contributed by atoms with Gasteiger partial charge in [0, 0.05) is 18.5 Å². The molecule has 5 heteroatoms. The standard InChI is InChI=1S/C12H12N3O2/c1-8-12(15-6-5-14-8)17-10-4-3-9(13)7-11(10)16-2/h3-7,13H,1-2H3. The third-order valence-electron chi connectivity index (χ3n) is 2.21.